The third kappa shape index (κ3) is 2.78. The molecule has 0 spiro atoms. The monoisotopic (exact) mass is 250 g/mol. The van der Waals surface area contributed by atoms with Gasteiger partial charge in [0.05, 0.1) is 0 Å². The summed E-state index contributed by atoms with van der Waals surface area (Å²) in [6, 6.07) is 12.5. The first-order valence-corrected chi connectivity index (χ1v) is 6.69. The number of hydrogen-bond acceptors (Lipinski definition) is 1. The van der Waals surface area contributed by atoms with Crippen LogP contribution in [0.5, 0.6) is 0 Å². The lowest BCUT2D eigenvalue weighted by Crippen LogP contribution is -2.23. The third-order valence-corrected chi connectivity index (χ3v) is 3.55. The summed E-state index contributed by atoms with van der Waals surface area (Å²) in [6.07, 6.45) is 0.934. The second-order valence-electron chi connectivity index (χ2n) is 5.43. The molecule has 0 saturated carbocycles. The highest BCUT2D eigenvalue weighted by molar-refractivity contribution is 6.70. The van der Waals surface area contributed by atoms with Crippen LogP contribution >= 0.6 is 0 Å². The van der Waals surface area contributed by atoms with Gasteiger partial charge < -0.3 is 0 Å². The number of rotatable bonds is 3. The maximum atomic E-state index is 11.1. The Morgan fingerprint density at radius 2 is 1.63 bits per heavy atom. The fourth-order valence-electron chi connectivity index (χ4n) is 2.49. The first-order valence-electron chi connectivity index (χ1n) is 6.69. The van der Waals surface area contributed by atoms with Crippen molar-refractivity contribution in [2.24, 2.45) is 0 Å². The molecular weight excluding hydrogens is 231 g/mol. The van der Waals surface area contributed by atoms with Crippen molar-refractivity contribution < 1.29 is 4.79 Å². The predicted molar refractivity (Wildman–Crippen MR) is 83.9 cm³/mol. The molecule has 0 radical (unpaired) electrons. The van der Waals surface area contributed by atoms with Crippen molar-refractivity contribution in [2.75, 3.05) is 0 Å². The second-order valence-corrected chi connectivity index (χ2v) is 5.43. The van der Waals surface area contributed by atoms with Crippen molar-refractivity contribution in [1.82, 2.24) is 0 Å². The minimum Gasteiger partial charge on any atom is -0.298 e. The molecule has 2 heteroatoms. The number of hydrogen-bond donors (Lipinski definition) is 0. The Labute approximate surface area is 115 Å². The van der Waals surface area contributed by atoms with Crippen molar-refractivity contribution in [3.05, 3.63) is 53.1 Å². The van der Waals surface area contributed by atoms with Gasteiger partial charge >= 0.3 is 0 Å². The molecule has 1 nitrogen and oxygen atoms in total. The summed E-state index contributed by atoms with van der Waals surface area (Å²) >= 11 is 0. The molecule has 0 N–H and O–H groups in total. The summed E-state index contributed by atoms with van der Waals surface area (Å²) in [7, 11) is 0. The van der Waals surface area contributed by atoms with Gasteiger partial charge in [-0.15, -0.1) is 0 Å². The topological polar surface area (TPSA) is 17.1 Å². The van der Waals surface area contributed by atoms with E-state index in [1.54, 1.807) is 0 Å². The Balaban J connectivity index is 2.68. The predicted octanol–water partition coefficient (Wildman–Crippen LogP) is 3.74. The molecule has 0 amide bonds. The van der Waals surface area contributed by atoms with E-state index in [-0.39, 0.29) is 0 Å². The highest BCUT2D eigenvalue weighted by Crippen LogP contribution is 2.27. The van der Waals surface area contributed by atoms with E-state index in [2.05, 4.69) is 51.8 Å². The lowest BCUT2D eigenvalue weighted by Gasteiger charge is -2.13. The number of carbonyl (C=O) groups is 1. The Morgan fingerprint density at radius 3 is 2.16 bits per heavy atom. The van der Waals surface area contributed by atoms with Crippen molar-refractivity contribution in [3.8, 4) is 11.1 Å². The van der Waals surface area contributed by atoms with Crippen LogP contribution in [0, 0.1) is 13.8 Å². The minimum atomic E-state index is 0.419. The zero-order valence-corrected chi connectivity index (χ0v) is 12.0. The molecule has 0 heterocycles. The van der Waals surface area contributed by atoms with Crippen LogP contribution in [-0.4, -0.2) is 13.0 Å². The largest absolute Gasteiger partial charge is 0.298 e. The molecule has 2 rings (SSSR count). The molecule has 2 aromatic rings. The highest BCUT2D eigenvalue weighted by Gasteiger charge is 2.10. The molecule has 0 fully saturated rings. The average Bonchev–Trinajstić information content (AvgIpc) is 2.38. The lowest BCUT2D eigenvalue weighted by atomic mass is 9.49. The van der Waals surface area contributed by atoms with Crippen LogP contribution in [0.1, 0.15) is 21.5 Å². The average molecular weight is 250 g/mol. The van der Waals surface area contributed by atoms with Crippen LogP contribution in [0.2, 0.25) is 13.6 Å². The molecular formula is C17H19BO. The van der Waals surface area contributed by atoms with Gasteiger partial charge in [0.15, 0.2) is 6.71 Å². The molecule has 0 atom stereocenters. The summed E-state index contributed by atoms with van der Waals surface area (Å²) in [5, 5.41) is 0. The van der Waals surface area contributed by atoms with Gasteiger partial charge in [-0.1, -0.05) is 49.4 Å². The van der Waals surface area contributed by atoms with E-state index in [0.717, 1.165) is 17.4 Å². The summed E-state index contributed by atoms with van der Waals surface area (Å²) < 4.78 is 0. The van der Waals surface area contributed by atoms with E-state index in [9.17, 15) is 4.79 Å². The Morgan fingerprint density at radius 1 is 1.00 bits per heavy atom. The normalized spacial score (nSPS) is 10.3. The quantitative estimate of drug-likeness (QED) is 0.599. The van der Waals surface area contributed by atoms with Crippen LogP contribution in [-0.2, 0) is 0 Å². The fraction of sp³-hybridized carbons (Fsp3) is 0.235. The second kappa shape index (κ2) is 5.44. The molecule has 96 valence electrons. The smallest absolute Gasteiger partial charge is 0.169 e. The van der Waals surface area contributed by atoms with Crippen LogP contribution in [0.15, 0.2) is 36.4 Å². The molecule has 0 saturated heterocycles. The van der Waals surface area contributed by atoms with Crippen molar-refractivity contribution in [1.29, 1.82) is 0 Å². The third-order valence-electron chi connectivity index (χ3n) is 3.55. The standard InChI is InChI=1S/C17H19BO/c1-12-6-5-7-13(2)17(12)15-8-14(11-19)9-16(10-15)18(3)4/h5-11H,1-4H3. The Bertz CT molecular complexity index is 594. The molecule has 19 heavy (non-hydrogen) atoms. The van der Waals surface area contributed by atoms with Crippen molar-refractivity contribution in [3.63, 3.8) is 0 Å². The molecule has 0 unspecified atom stereocenters. The molecule has 0 aromatic heterocycles. The van der Waals surface area contributed by atoms with E-state index in [1.807, 2.05) is 12.1 Å². The number of benzene rings is 2. The van der Waals surface area contributed by atoms with Crippen LogP contribution in [0.3, 0.4) is 0 Å². The Kier molecular flexibility index (Phi) is 3.89. The van der Waals surface area contributed by atoms with E-state index < -0.39 is 0 Å². The summed E-state index contributed by atoms with van der Waals surface area (Å²) in [4.78, 5) is 11.1. The molecule has 0 aliphatic rings. The van der Waals surface area contributed by atoms with Gasteiger partial charge in [0, 0.05) is 5.56 Å². The molecule has 0 aliphatic carbocycles. The van der Waals surface area contributed by atoms with Crippen molar-refractivity contribution in [2.45, 2.75) is 27.5 Å². The molecule has 0 aliphatic heterocycles. The van der Waals surface area contributed by atoms with E-state index in [4.69, 9.17) is 0 Å². The van der Waals surface area contributed by atoms with Crippen molar-refractivity contribution >= 4 is 18.5 Å². The van der Waals surface area contributed by atoms with Gasteiger partial charge in [-0.3, -0.25) is 4.79 Å². The first-order chi connectivity index (χ1) is 9.02. The van der Waals surface area contributed by atoms with Gasteiger partial charge in [0.25, 0.3) is 0 Å². The van der Waals surface area contributed by atoms with E-state index in [1.165, 1.54) is 22.2 Å². The Hall–Kier alpha value is -1.83. The summed E-state index contributed by atoms with van der Waals surface area (Å²) in [5.74, 6) is 0. The van der Waals surface area contributed by atoms with Crippen LogP contribution < -0.4 is 5.46 Å². The molecule has 2 aromatic carbocycles. The van der Waals surface area contributed by atoms with Gasteiger partial charge in [0.1, 0.15) is 6.29 Å². The highest BCUT2D eigenvalue weighted by atomic mass is 16.1. The van der Waals surface area contributed by atoms with Crippen LogP contribution in [0.4, 0.5) is 0 Å². The number of carbonyl (C=O) groups excluding carboxylic acids is 1. The number of aryl methyl sites for hydroxylation is 2. The van der Waals surface area contributed by atoms with E-state index >= 15 is 0 Å². The van der Waals surface area contributed by atoms with E-state index in [0.29, 0.717) is 6.71 Å². The minimum absolute atomic E-state index is 0.419. The molecule has 0 bridgehead atoms. The summed E-state index contributed by atoms with van der Waals surface area (Å²) in [5.41, 5.74) is 6.85. The summed E-state index contributed by atoms with van der Waals surface area (Å²) in [6.45, 7) is 8.95. The van der Waals surface area contributed by atoms with Crippen LogP contribution in [0.25, 0.3) is 11.1 Å². The SMILES string of the molecule is CB(C)c1cc(C=O)cc(-c2c(C)cccc2C)c1. The maximum Gasteiger partial charge on any atom is 0.169 e. The van der Waals surface area contributed by atoms with Gasteiger partial charge in [-0.25, -0.2) is 0 Å². The number of aldehydes is 1. The first kappa shape index (κ1) is 13.6. The fourth-order valence-corrected chi connectivity index (χ4v) is 2.49. The zero-order chi connectivity index (χ0) is 14.0. The van der Waals surface area contributed by atoms with Gasteiger partial charge in [0.2, 0.25) is 0 Å². The maximum absolute atomic E-state index is 11.1. The lowest BCUT2D eigenvalue weighted by molar-refractivity contribution is 0.112. The zero-order valence-electron chi connectivity index (χ0n) is 12.0. The van der Waals surface area contributed by atoms with Gasteiger partial charge in [-0.2, -0.15) is 0 Å². The van der Waals surface area contributed by atoms with Gasteiger partial charge in [-0.05, 0) is 42.2 Å².